The lowest BCUT2D eigenvalue weighted by molar-refractivity contribution is -0.299. The zero-order valence-electron chi connectivity index (χ0n) is 9.76. The topological polar surface area (TPSA) is 60.4 Å². The lowest BCUT2D eigenvalue weighted by Gasteiger charge is -2.04. The number of hydrogen-bond acceptors (Lipinski definition) is 3. The van der Waals surface area contributed by atoms with Gasteiger partial charge in [0, 0.05) is 0 Å². The van der Waals surface area contributed by atoms with Crippen molar-refractivity contribution in [1.82, 2.24) is 0 Å². The second kappa shape index (κ2) is 7.63. The fourth-order valence-electron chi connectivity index (χ4n) is 1.61. The van der Waals surface area contributed by atoms with Crippen molar-refractivity contribution < 1.29 is 15.0 Å². The fraction of sp³-hybridized carbons (Fsp3) is 0.357. The molecule has 1 rings (SSSR count). The number of aliphatic hydroxyl groups excluding tert-OH is 1. The molecule has 0 aliphatic heterocycles. The Morgan fingerprint density at radius 1 is 1.24 bits per heavy atom. The van der Waals surface area contributed by atoms with Gasteiger partial charge in [-0.15, -0.1) is 0 Å². The first-order valence-corrected chi connectivity index (χ1v) is 5.79. The molecule has 1 aromatic rings. The second-order valence-corrected chi connectivity index (χ2v) is 3.91. The van der Waals surface area contributed by atoms with Gasteiger partial charge in [-0.05, 0) is 36.8 Å². The molecular formula is C14H17O3-. The van der Waals surface area contributed by atoms with Crippen molar-refractivity contribution in [3.05, 3.63) is 47.5 Å². The summed E-state index contributed by atoms with van der Waals surface area (Å²) in [6, 6.07) is 10.2. The summed E-state index contributed by atoms with van der Waals surface area (Å²) in [5.41, 5.74) is 1.27. The number of carbonyl (C=O) groups is 1. The highest BCUT2D eigenvalue weighted by Crippen LogP contribution is 2.07. The predicted molar refractivity (Wildman–Crippen MR) is 64.2 cm³/mol. The molecule has 0 aliphatic carbocycles. The van der Waals surface area contributed by atoms with Crippen LogP contribution in [0.5, 0.6) is 0 Å². The molecule has 0 aliphatic rings. The summed E-state index contributed by atoms with van der Waals surface area (Å²) >= 11 is 0. The highest BCUT2D eigenvalue weighted by Gasteiger charge is 1.96. The third-order valence-corrected chi connectivity index (χ3v) is 2.59. The first kappa shape index (κ1) is 13.5. The van der Waals surface area contributed by atoms with Gasteiger partial charge in [0.05, 0.1) is 12.6 Å². The van der Waals surface area contributed by atoms with Crippen molar-refractivity contribution in [3.63, 3.8) is 0 Å². The fourth-order valence-corrected chi connectivity index (χ4v) is 1.61. The molecule has 0 atom stereocenters. The molecule has 1 aromatic carbocycles. The quantitative estimate of drug-likeness (QED) is 0.566. The molecule has 0 aromatic heterocycles. The summed E-state index contributed by atoms with van der Waals surface area (Å²) in [6.07, 6.45) is 5.11. The van der Waals surface area contributed by atoms with Gasteiger partial charge in [-0.1, -0.05) is 36.4 Å². The first-order chi connectivity index (χ1) is 8.24. The van der Waals surface area contributed by atoms with E-state index < -0.39 is 12.6 Å². The van der Waals surface area contributed by atoms with Gasteiger partial charge >= 0.3 is 0 Å². The molecule has 0 heterocycles. The van der Waals surface area contributed by atoms with Crippen LogP contribution < -0.4 is 5.11 Å². The highest BCUT2D eigenvalue weighted by atomic mass is 16.4. The minimum Gasteiger partial charge on any atom is -0.545 e. The number of carbonyl (C=O) groups excluding carboxylic acids is 1. The van der Waals surface area contributed by atoms with Crippen LogP contribution in [0.4, 0.5) is 0 Å². The molecule has 1 N–H and O–H groups in total. The van der Waals surface area contributed by atoms with Crippen molar-refractivity contribution in [2.45, 2.75) is 25.7 Å². The SMILES string of the molecule is O=C([O-])/C(=C/CCCCc1ccccc1)CO. The van der Waals surface area contributed by atoms with Gasteiger partial charge in [-0.3, -0.25) is 0 Å². The van der Waals surface area contributed by atoms with Gasteiger partial charge in [-0.2, -0.15) is 0 Å². The molecule has 0 spiro atoms. The average Bonchev–Trinajstić information content (AvgIpc) is 2.34. The average molecular weight is 233 g/mol. The van der Waals surface area contributed by atoms with E-state index in [1.165, 1.54) is 5.56 Å². The van der Waals surface area contributed by atoms with Crippen LogP contribution in [0.2, 0.25) is 0 Å². The van der Waals surface area contributed by atoms with Crippen molar-refractivity contribution in [1.29, 1.82) is 0 Å². The lowest BCUT2D eigenvalue weighted by Crippen LogP contribution is -2.26. The van der Waals surface area contributed by atoms with E-state index in [1.807, 2.05) is 18.2 Å². The van der Waals surface area contributed by atoms with E-state index in [2.05, 4.69) is 12.1 Å². The van der Waals surface area contributed by atoms with Crippen molar-refractivity contribution in [2.75, 3.05) is 6.61 Å². The van der Waals surface area contributed by atoms with Gasteiger partial charge in [-0.25, -0.2) is 0 Å². The minimum atomic E-state index is -1.28. The molecule has 92 valence electrons. The maximum absolute atomic E-state index is 10.5. The highest BCUT2D eigenvalue weighted by molar-refractivity contribution is 5.84. The summed E-state index contributed by atoms with van der Waals surface area (Å²) < 4.78 is 0. The molecule has 3 nitrogen and oxygen atoms in total. The van der Waals surface area contributed by atoms with Crippen molar-refractivity contribution in [2.24, 2.45) is 0 Å². The van der Waals surface area contributed by atoms with E-state index >= 15 is 0 Å². The Bertz CT molecular complexity index is 368. The standard InChI is InChI=1S/C14H18O3/c15-11-13(14(16)17)10-6-2-5-9-12-7-3-1-4-8-12/h1,3-4,7-8,10,15H,2,5-6,9,11H2,(H,16,17)/p-1/b13-10+. The molecule has 0 amide bonds. The van der Waals surface area contributed by atoms with Crippen LogP contribution in [-0.2, 0) is 11.2 Å². The summed E-state index contributed by atoms with van der Waals surface area (Å²) in [4.78, 5) is 10.5. The minimum absolute atomic E-state index is 0.0234. The van der Waals surface area contributed by atoms with Crippen LogP contribution >= 0.6 is 0 Å². The number of aliphatic carboxylic acids is 1. The third-order valence-electron chi connectivity index (χ3n) is 2.59. The maximum Gasteiger partial charge on any atom is 0.0696 e. The predicted octanol–water partition coefficient (Wildman–Crippen LogP) is 1.07. The van der Waals surface area contributed by atoms with E-state index in [0.29, 0.717) is 6.42 Å². The Balaban J connectivity index is 2.23. The molecule has 0 fully saturated rings. The van der Waals surface area contributed by atoms with E-state index in [0.717, 1.165) is 19.3 Å². The van der Waals surface area contributed by atoms with Crippen LogP contribution in [0.1, 0.15) is 24.8 Å². The van der Waals surface area contributed by atoms with Crippen LogP contribution in [0, 0.1) is 0 Å². The van der Waals surface area contributed by atoms with E-state index in [9.17, 15) is 9.90 Å². The number of unbranched alkanes of at least 4 members (excludes halogenated alkanes) is 2. The lowest BCUT2D eigenvalue weighted by atomic mass is 10.1. The number of allylic oxidation sites excluding steroid dienone is 1. The molecule has 3 heteroatoms. The van der Waals surface area contributed by atoms with Gasteiger partial charge in [0.1, 0.15) is 0 Å². The number of carboxylic acid groups (broad SMARTS) is 1. The van der Waals surface area contributed by atoms with Gasteiger partial charge in [0.2, 0.25) is 0 Å². The first-order valence-electron chi connectivity index (χ1n) is 5.79. The summed E-state index contributed by atoms with van der Waals surface area (Å²) in [7, 11) is 0. The number of aliphatic hydroxyl groups is 1. The Hall–Kier alpha value is -1.61. The van der Waals surface area contributed by atoms with Crippen LogP contribution in [0.25, 0.3) is 0 Å². The van der Waals surface area contributed by atoms with Gasteiger partial charge in [0.25, 0.3) is 0 Å². The van der Waals surface area contributed by atoms with E-state index in [4.69, 9.17) is 5.11 Å². The Morgan fingerprint density at radius 2 is 1.94 bits per heavy atom. The van der Waals surface area contributed by atoms with Crippen molar-refractivity contribution >= 4 is 5.97 Å². The van der Waals surface area contributed by atoms with Crippen LogP contribution in [0.15, 0.2) is 42.0 Å². The zero-order valence-corrected chi connectivity index (χ0v) is 9.76. The molecule has 0 bridgehead atoms. The molecular weight excluding hydrogens is 216 g/mol. The van der Waals surface area contributed by atoms with Crippen molar-refractivity contribution in [3.8, 4) is 0 Å². The molecule has 0 saturated heterocycles. The van der Waals surface area contributed by atoms with Crippen LogP contribution in [0.3, 0.4) is 0 Å². The number of hydrogen-bond donors (Lipinski definition) is 1. The Kier molecular flexibility index (Phi) is 6.04. The number of carboxylic acids is 1. The van der Waals surface area contributed by atoms with E-state index in [-0.39, 0.29) is 5.57 Å². The Morgan fingerprint density at radius 3 is 2.53 bits per heavy atom. The largest absolute Gasteiger partial charge is 0.545 e. The second-order valence-electron chi connectivity index (χ2n) is 3.91. The van der Waals surface area contributed by atoms with Gasteiger partial charge < -0.3 is 15.0 Å². The summed E-state index contributed by atoms with van der Waals surface area (Å²) in [5.74, 6) is -1.28. The monoisotopic (exact) mass is 233 g/mol. The summed E-state index contributed by atoms with van der Waals surface area (Å²) in [5, 5.41) is 19.2. The zero-order chi connectivity index (χ0) is 12.5. The number of benzene rings is 1. The number of aryl methyl sites for hydroxylation is 1. The Labute approximate surface area is 101 Å². The normalized spacial score (nSPS) is 11.5. The van der Waals surface area contributed by atoms with Gasteiger partial charge in [0.15, 0.2) is 0 Å². The van der Waals surface area contributed by atoms with Crippen LogP contribution in [-0.4, -0.2) is 17.7 Å². The smallest absolute Gasteiger partial charge is 0.0696 e. The van der Waals surface area contributed by atoms with E-state index in [1.54, 1.807) is 6.08 Å². The third kappa shape index (κ3) is 5.31. The summed E-state index contributed by atoms with van der Waals surface area (Å²) in [6.45, 7) is -0.457. The maximum atomic E-state index is 10.5. The molecule has 17 heavy (non-hydrogen) atoms. The number of rotatable bonds is 7. The molecule has 0 saturated carbocycles. The molecule has 0 unspecified atom stereocenters. The molecule has 0 radical (unpaired) electrons.